The average Bonchev–Trinajstić information content (AvgIpc) is 3.42. The molecule has 2 amide bonds. The highest BCUT2D eigenvalue weighted by atomic mass is 16.2. The Balaban J connectivity index is 1.29. The molecule has 3 aromatic rings. The summed E-state index contributed by atoms with van der Waals surface area (Å²) in [5.74, 6) is -0.639. The molecule has 0 bridgehead atoms. The quantitative estimate of drug-likeness (QED) is 0.678. The number of aromatic nitrogens is 1. The van der Waals surface area contributed by atoms with Crippen molar-refractivity contribution in [2.45, 2.75) is 38.5 Å². The first-order chi connectivity index (χ1) is 14.7. The third-order valence-corrected chi connectivity index (χ3v) is 5.93. The minimum Gasteiger partial charge on any atom is -0.321 e. The van der Waals surface area contributed by atoms with Gasteiger partial charge in [0.2, 0.25) is 0 Å². The number of benzene rings is 2. The van der Waals surface area contributed by atoms with Gasteiger partial charge in [0, 0.05) is 11.4 Å². The lowest BCUT2D eigenvalue weighted by Gasteiger charge is -2.09. The molecule has 2 N–H and O–H groups in total. The highest BCUT2D eigenvalue weighted by molar-refractivity contribution is 6.06. The van der Waals surface area contributed by atoms with Gasteiger partial charge in [-0.3, -0.25) is 9.59 Å². The van der Waals surface area contributed by atoms with Crippen LogP contribution in [0, 0.1) is 0 Å². The topological polar surface area (TPSA) is 71.1 Å². The van der Waals surface area contributed by atoms with Gasteiger partial charge in [-0.1, -0.05) is 18.2 Å². The summed E-state index contributed by atoms with van der Waals surface area (Å²) < 4.78 is 0. The summed E-state index contributed by atoms with van der Waals surface area (Å²) in [6.07, 6.45) is 6.63. The number of hydrogen-bond donors (Lipinski definition) is 2. The SMILES string of the molecule is O=C(Nc1ccc2c(c1)CCC2)c1cccc(C(=O)Nc2ccc3c(c2)CCC3)n1. The van der Waals surface area contributed by atoms with E-state index in [0.717, 1.165) is 49.9 Å². The molecule has 5 heteroatoms. The molecule has 0 saturated carbocycles. The van der Waals surface area contributed by atoms with Gasteiger partial charge in [0.15, 0.2) is 0 Å². The molecule has 1 heterocycles. The van der Waals surface area contributed by atoms with E-state index in [2.05, 4.69) is 27.8 Å². The molecular formula is C25H23N3O2. The number of pyridine rings is 1. The standard InChI is InChI=1S/C25H23N3O2/c29-24(26-20-12-10-16-4-1-6-18(16)14-20)22-8-3-9-23(28-22)25(30)27-21-13-11-17-5-2-7-19(17)15-21/h3,8-15H,1-2,4-7H2,(H,26,29)(H,27,30). The van der Waals surface area contributed by atoms with Crippen LogP contribution in [0.4, 0.5) is 11.4 Å². The van der Waals surface area contributed by atoms with Gasteiger partial charge in [-0.2, -0.15) is 0 Å². The normalized spacial score (nSPS) is 14.1. The monoisotopic (exact) mass is 397 g/mol. The minimum absolute atomic E-state index is 0.220. The second-order valence-electron chi connectivity index (χ2n) is 7.99. The van der Waals surface area contributed by atoms with Crippen molar-refractivity contribution in [1.82, 2.24) is 4.98 Å². The van der Waals surface area contributed by atoms with Crippen molar-refractivity contribution >= 4 is 23.2 Å². The number of carbonyl (C=O) groups excluding carboxylic acids is 2. The van der Waals surface area contributed by atoms with Crippen LogP contribution in [0.2, 0.25) is 0 Å². The number of amides is 2. The Bertz CT molecular complexity index is 1070. The van der Waals surface area contributed by atoms with Crippen LogP contribution in [0.5, 0.6) is 0 Å². The van der Waals surface area contributed by atoms with E-state index in [-0.39, 0.29) is 23.2 Å². The van der Waals surface area contributed by atoms with Crippen LogP contribution in [0.1, 0.15) is 56.1 Å². The fraction of sp³-hybridized carbons (Fsp3) is 0.240. The second-order valence-corrected chi connectivity index (χ2v) is 7.99. The van der Waals surface area contributed by atoms with Crippen LogP contribution in [-0.2, 0) is 25.7 Å². The van der Waals surface area contributed by atoms with Crippen molar-refractivity contribution in [1.29, 1.82) is 0 Å². The maximum absolute atomic E-state index is 12.7. The van der Waals surface area contributed by atoms with Crippen LogP contribution in [0.3, 0.4) is 0 Å². The van der Waals surface area contributed by atoms with Crippen LogP contribution < -0.4 is 10.6 Å². The lowest BCUT2D eigenvalue weighted by Crippen LogP contribution is -2.18. The summed E-state index contributed by atoms with van der Waals surface area (Å²) in [5, 5.41) is 5.80. The smallest absolute Gasteiger partial charge is 0.274 e. The van der Waals surface area contributed by atoms with Crippen molar-refractivity contribution in [2.75, 3.05) is 10.6 Å². The third-order valence-electron chi connectivity index (χ3n) is 5.93. The summed E-state index contributed by atoms with van der Waals surface area (Å²) >= 11 is 0. The fourth-order valence-corrected chi connectivity index (χ4v) is 4.38. The second kappa shape index (κ2) is 7.75. The molecule has 0 saturated heterocycles. The van der Waals surface area contributed by atoms with Crippen LogP contribution >= 0.6 is 0 Å². The molecule has 0 fully saturated rings. The molecule has 0 atom stereocenters. The molecule has 2 aromatic carbocycles. The Kier molecular flexibility index (Phi) is 4.79. The van der Waals surface area contributed by atoms with E-state index >= 15 is 0 Å². The zero-order valence-electron chi connectivity index (χ0n) is 16.7. The molecule has 2 aliphatic rings. The molecule has 2 aliphatic carbocycles. The number of aryl methyl sites for hydroxylation is 4. The van der Waals surface area contributed by atoms with Gasteiger partial charge < -0.3 is 10.6 Å². The van der Waals surface area contributed by atoms with Crippen molar-refractivity contribution in [3.05, 3.63) is 88.2 Å². The third kappa shape index (κ3) is 3.71. The van der Waals surface area contributed by atoms with E-state index in [9.17, 15) is 9.59 Å². The fourth-order valence-electron chi connectivity index (χ4n) is 4.38. The largest absolute Gasteiger partial charge is 0.321 e. The maximum Gasteiger partial charge on any atom is 0.274 e. The van der Waals surface area contributed by atoms with E-state index in [4.69, 9.17) is 0 Å². The van der Waals surface area contributed by atoms with E-state index in [0.29, 0.717) is 0 Å². The minimum atomic E-state index is -0.319. The molecule has 0 radical (unpaired) electrons. The summed E-state index contributed by atoms with van der Waals surface area (Å²) in [6.45, 7) is 0. The van der Waals surface area contributed by atoms with Crippen molar-refractivity contribution in [2.24, 2.45) is 0 Å². The molecule has 30 heavy (non-hydrogen) atoms. The molecular weight excluding hydrogens is 374 g/mol. The maximum atomic E-state index is 12.7. The Labute approximate surface area is 175 Å². The molecule has 5 rings (SSSR count). The lowest BCUT2D eigenvalue weighted by molar-refractivity contribution is 0.101. The Morgan fingerprint density at radius 2 is 1.10 bits per heavy atom. The zero-order chi connectivity index (χ0) is 20.5. The van der Waals surface area contributed by atoms with Gasteiger partial charge in [-0.25, -0.2) is 4.98 Å². The lowest BCUT2D eigenvalue weighted by atomic mass is 10.1. The van der Waals surface area contributed by atoms with E-state index in [1.165, 1.54) is 22.3 Å². The molecule has 0 unspecified atom stereocenters. The summed E-state index contributed by atoms with van der Waals surface area (Å²) in [4.78, 5) is 29.6. The predicted molar refractivity (Wildman–Crippen MR) is 117 cm³/mol. The Hall–Kier alpha value is -3.47. The van der Waals surface area contributed by atoms with Gasteiger partial charge >= 0.3 is 0 Å². The first-order valence-electron chi connectivity index (χ1n) is 10.5. The molecule has 0 aliphatic heterocycles. The first kappa shape index (κ1) is 18.6. The van der Waals surface area contributed by atoms with Crippen LogP contribution in [-0.4, -0.2) is 16.8 Å². The number of carbonyl (C=O) groups is 2. The first-order valence-corrected chi connectivity index (χ1v) is 10.5. The Morgan fingerprint density at radius 3 is 1.60 bits per heavy atom. The molecule has 1 aromatic heterocycles. The average molecular weight is 397 g/mol. The van der Waals surface area contributed by atoms with Crippen LogP contribution in [0.15, 0.2) is 54.6 Å². The van der Waals surface area contributed by atoms with Gasteiger partial charge in [0.25, 0.3) is 11.8 Å². The van der Waals surface area contributed by atoms with Crippen LogP contribution in [0.25, 0.3) is 0 Å². The highest BCUT2D eigenvalue weighted by Gasteiger charge is 2.16. The number of hydrogen-bond acceptors (Lipinski definition) is 3. The van der Waals surface area contributed by atoms with E-state index < -0.39 is 0 Å². The summed E-state index contributed by atoms with van der Waals surface area (Å²) in [5.41, 5.74) is 7.26. The molecule has 0 spiro atoms. The van der Waals surface area contributed by atoms with Gasteiger partial charge in [0.1, 0.15) is 11.4 Å². The number of rotatable bonds is 4. The number of nitrogens with zero attached hydrogens (tertiary/aromatic N) is 1. The zero-order valence-corrected chi connectivity index (χ0v) is 16.7. The molecule has 5 nitrogen and oxygen atoms in total. The van der Waals surface area contributed by atoms with Gasteiger partial charge in [-0.05, 0) is 97.2 Å². The predicted octanol–water partition coefficient (Wildman–Crippen LogP) is 4.56. The number of anilines is 2. The number of nitrogens with one attached hydrogen (secondary N) is 2. The summed E-state index contributed by atoms with van der Waals surface area (Å²) in [6, 6.07) is 17.0. The van der Waals surface area contributed by atoms with Gasteiger partial charge in [0.05, 0.1) is 0 Å². The van der Waals surface area contributed by atoms with Gasteiger partial charge in [-0.15, -0.1) is 0 Å². The van der Waals surface area contributed by atoms with Crippen molar-refractivity contribution in [3.8, 4) is 0 Å². The highest BCUT2D eigenvalue weighted by Crippen LogP contribution is 2.26. The van der Waals surface area contributed by atoms with Crippen molar-refractivity contribution < 1.29 is 9.59 Å². The Morgan fingerprint density at radius 1 is 0.633 bits per heavy atom. The molecule has 150 valence electrons. The van der Waals surface area contributed by atoms with E-state index in [1.807, 2.05) is 24.3 Å². The summed E-state index contributed by atoms with van der Waals surface area (Å²) in [7, 11) is 0. The van der Waals surface area contributed by atoms with E-state index in [1.54, 1.807) is 18.2 Å². The van der Waals surface area contributed by atoms with Crippen molar-refractivity contribution in [3.63, 3.8) is 0 Å². The number of fused-ring (bicyclic) bond motifs is 2.